The van der Waals surface area contributed by atoms with E-state index in [0.29, 0.717) is 10.2 Å². The predicted octanol–water partition coefficient (Wildman–Crippen LogP) is 3.41. The van der Waals surface area contributed by atoms with Crippen molar-refractivity contribution in [1.82, 2.24) is 0 Å². The lowest BCUT2D eigenvalue weighted by Gasteiger charge is -2.12. The van der Waals surface area contributed by atoms with Crippen LogP contribution < -0.4 is 5.32 Å². The molecule has 0 aliphatic rings. The number of benzene rings is 1. The highest BCUT2D eigenvalue weighted by atomic mass is 79.9. The number of hydrogen-bond acceptors (Lipinski definition) is 1. The normalized spacial score (nSPS) is 11.9. The second kappa shape index (κ2) is 5.02. The molecule has 1 aromatic carbocycles. The minimum atomic E-state index is -0.290. The summed E-state index contributed by atoms with van der Waals surface area (Å²) in [4.78, 5) is 0. The van der Waals surface area contributed by atoms with Crippen molar-refractivity contribution in [2.75, 3.05) is 5.32 Å². The molecule has 0 aliphatic heterocycles. The van der Waals surface area contributed by atoms with Crippen LogP contribution in [-0.4, -0.2) is 6.04 Å². The number of hydrogen-bond donors (Lipinski definition) is 1. The van der Waals surface area contributed by atoms with Gasteiger partial charge < -0.3 is 5.32 Å². The van der Waals surface area contributed by atoms with Gasteiger partial charge in [-0.3, -0.25) is 0 Å². The van der Waals surface area contributed by atoms with E-state index in [1.54, 1.807) is 12.1 Å². The van der Waals surface area contributed by atoms with Crippen molar-refractivity contribution in [3.8, 4) is 12.3 Å². The van der Waals surface area contributed by atoms with E-state index >= 15 is 0 Å². The fourth-order valence-corrected chi connectivity index (χ4v) is 1.30. The summed E-state index contributed by atoms with van der Waals surface area (Å²) in [6.45, 7) is 1.98. The van der Waals surface area contributed by atoms with Gasteiger partial charge >= 0.3 is 0 Å². The molecule has 1 N–H and O–H groups in total. The fourth-order valence-electron chi connectivity index (χ4n) is 1.05. The van der Waals surface area contributed by atoms with Crippen LogP contribution >= 0.6 is 15.9 Å². The average Bonchev–Trinajstić information content (AvgIpc) is 2.19. The summed E-state index contributed by atoms with van der Waals surface area (Å²) < 4.78 is 13.6. The number of terminal acetylenes is 1. The van der Waals surface area contributed by atoms with E-state index in [9.17, 15) is 4.39 Å². The van der Waals surface area contributed by atoms with Crippen molar-refractivity contribution in [2.24, 2.45) is 0 Å². The maximum absolute atomic E-state index is 13.1. The van der Waals surface area contributed by atoms with Crippen LogP contribution in [0.3, 0.4) is 0 Å². The number of rotatable bonds is 3. The van der Waals surface area contributed by atoms with Crippen molar-refractivity contribution < 1.29 is 4.39 Å². The predicted molar refractivity (Wildman–Crippen MR) is 60.6 cm³/mol. The molecule has 1 unspecified atom stereocenters. The third kappa shape index (κ3) is 2.74. The van der Waals surface area contributed by atoms with Gasteiger partial charge in [-0.15, -0.1) is 6.42 Å². The Morgan fingerprint density at radius 2 is 2.36 bits per heavy atom. The molecule has 0 fully saturated rings. The first kappa shape index (κ1) is 11.1. The van der Waals surface area contributed by atoms with Gasteiger partial charge in [0.05, 0.1) is 10.5 Å². The Kier molecular flexibility index (Phi) is 3.97. The van der Waals surface area contributed by atoms with Crippen LogP contribution in [0.15, 0.2) is 22.7 Å². The van der Waals surface area contributed by atoms with Gasteiger partial charge in [0.2, 0.25) is 0 Å². The zero-order valence-corrected chi connectivity index (χ0v) is 9.44. The largest absolute Gasteiger partial charge is 0.371 e. The minimum Gasteiger partial charge on any atom is -0.371 e. The standard InChI is InChI=1S/C11H11BrFN/c1-3-8(4-2)14-9-5-6-10(12)11(13)7-9/h1,5-8,14H,4H2,2H3. The summed E-state index contributed by atoms with van der Waals surface area (Å²) in [5, 5.41) is 3.05. The first-order valence-corrected chi connectivity index (χ1v) is 5.14. The maximum Gasteiger partial charge on any atom is 0.139 e. The summed E-state index contributed by atoms with van der Waals surface area (Å²) in [6, 6.07) is 4.81. The van der Waals surface area contributed by atoms with Gasteiger partial charge in [0, 0.05) is 5.69 Å². The van der Waals surface area contributed by atoms with Crippen LogP contribution in [0.5, 0.6) is 0 Å². The molecular formula is C11H11BrFN. The van der Waals surface area contributed by atoms with E-state index in [2.05, 4.69) is 27.2 Å². The summed E-state index contributed by atoms with van der Waals surface area (Å²) in [6.07, 6.45) is 6.10. The third-order valence-corrected chi connectivity index (χ3v) is 2.51. The fraction of sp³-hybridized carbons (Fsp3) is 0.273. The van der Waals surface area contributed by atoms with Gasteiger partial charge in [0.15, 0.2) is 0 Å². The number of anilines is 1. The molecule has 0 amide bonds. The highest BCUT2D eigenvalue weighted by molar-refractivity contribution is 9.10. The monoisotopic (exact) mass is 255 g/mol. The van der Waals surface area contributed by atoms with Crippen LogP contribution in [0.1, 0.15) is 13.3 Å². The van der Waals surface area contributed by atoms with Gasteiger partial charge in [0.1, 0.15) is 5.82 Å². The highest BCUT2D eigenvalue weighted by Crippen LogP contribution is 2.19. The molecular weight excluding hydrogens is 245 g/mol. The van der Waals surface area contributed by atoms with Gasteiger partial charge in [-0.1, -0.05) is 12.8 Å². The molecule has 1 atom stereocenters. The molecule has 1 rings (SSSR count). The molecule has 0 heterocycles. The Labute approximate surface area is 91.8 Å². The van der Waals surface area contributed by atoms with Crippen LogP contribution in [0.2, 0.25) is 0 Å². The average molecular weight is 256 g/mol. The van der Waals surface area contributed by atoms with Crippen molar-refractivity contribution in [3.63, 3.8) is 0 Å². The first-order valence-electron chi connectivity index (χ1n) is 4.35. The Morgan fingerprint density at radius 3 is 2.86 bits per heavy atom. The molecule has 1 aromatic rings. The van der Waals surface area contributed by atoms with Crippen molar-refractivity contribution in [3.05, 3.63) is 28.5 Å². The summed E-state index contributed by atoms with van der Waals surface area (Å²) in [5.74, 6) is 2.30. The molecule has 0 aliphatic carbocycles. The van der Waals surface area contributed by atoms with E-state index in [-0.39, 0.29) is 11.9 Å². The zero-order chi connectivity index (χ0) is 10.6. The summed E-state index contributed by atoms with van der Waals surface area (Å²) in [7, 11) is 0. The SMILES string of the molecule is C#CC(CC)Nc1ccc(Br)c(F)c1. The second-order valence-electron chi connectivity index (χ2n) is 2.90. The van der Waals surface area contributed by atoms with Crippen LogP contribution in [0.25, 0.3) is 0 Å². The van der Waals surface area contributed by atoms with Crippen LogP contribution in [0.4, 0.5) is 10.1 Å². The van der Waals surface area contributed by atoms with Crippen molar-refractivity contribution in [1.29, 1.82) is 0 Å². The lowest BCUT2D eigenvalue weighted by atomic mass is 10.2. The Morgan fingerprint density at radius 1 is 1.64 bits per heavy atom. The zero-order valence-electron chi connectivity index (χ0n) is 7.85. The molecule has 0 aromatic heterocycles. The highest BCUT2D eigenvalue weighted by Gasteiger charge is 2.04. The minimum absolute atomic E-state index is 0.0458. The topological polar surface area (TPSA) is 12.0 Å². The number of nitrogens with one attached hydrogen (secondary N) is 1. The smallest absolute Gasteiger partial charge is 0.139 e. The van der Waals surface area contributed by atoms with E-state index in [4.69, 9.17) is 6.42 Å². The van der Waals surface area contributed by atoms with Gasteiger partial charge in [-0.05, 0) is 40.5 Å². The lowest BCUT2D eigenvalue weighted by Crippen LogP contribution is -2.15. The van der Waals surface area contributed by atoms with Gasteiger partial charge in [-0.2, -0.15) is 0 Å². The molecule has 0 radical (unpaired) electrons. The molecule has 0 bridgehead atoms. The summed E-state index contributed by atoms with van der Waals surface area (Å²) >= 11 is 3.09. The van der Waals surface area contributed by atoms with E-state index in [1.807, 2.05) is 6.92 Å². The van der Waals surface area contributed by atoms with E-state index < -0.39 is 0 Å². The van der Waals surface area contributed by atoms with Gasteiger partial charge in [-0.25, -0.2) is 4.39 Å². The Bertz CT molecular complexity index is 357. The molecule has 14 heavy (non-hydrogen) atoms. The van der Waals surface area contributed by atoms with Crippen LogP contribution in [-0.2, 0) is 0 Å². The van der Waals surface area contributed by atoms with Gasteiger partial charge in [0.25, 0.3) is 0 Å². The first-order chi connectivity index (χ1) is 6.67. The van der Waals surface area contributed by atoms with Crippen LogP contribution in [0, 0.1) is 18.2 Å². The molecule has 1 nitrogen and oxygen atoms in total. The number of halogens is 2. The lowest BCUT2D eigenvalue weighted by molar-refractivity contribution is 0.621. The second-order valence-corrected chi connectivity index (χ2v) is 3.76. The quantitative estimate of drug-likeness (QED) is 0.817. The van der Waals surface area contributed by atoms with E-state index in [0.717, 1.165) is 6.42 Å². The third-order valence-electron chi connectivity index (χ3n) is 1.87. The van der Waals surface area contributed by atoms with Crippen molar-refractivity contribution >= 4 is 21.6 Å². The summed E-state index contributed by atoms with van der Waals surface area (Å²) in [5.41, 5.74) is 0.704. The molecule has 74 valence electrons. The molecule has 0 saturated heterocycles. The van der Waals surface area contributed by atoms with Crippen molar-refractivity contribution in [2.45, 2.75) is 19.4 Å². The molecule has 3 heteroatoms. The Balaban J connectivity index is 2.78. The van der Waals surface area contributed by atoms with E-state index in [1.165, 1.54) is 6.07 Å². The molecule has 0 saturated carbocycles. The Hall–Kier alpha value is -1.01. The maximum atomic E-state index is 13.1. The molecule has 0 spiro atoms.